The van der Waals surface area contributed by atoms with Crippen LogP contribution in [0.4, 0.5) is 0 Å². The van der Waals surface area contributed by atoms with E-state index in [1.165, 1.54) is 0 Å². The smallest absolute Gasteiger partial charge is 0 e. The molecule has 0 amide bonds. The Bertz CT molecular complexity index is 6.00. The molecule has 0 saturated heterocycles. The molecule has 4 heteroatoms. The van der Waals surface area contributed by atoms with Gasteiger partial charge in [-0.2, -0.15) is 0 Å². The summed E-state index contributed by atoms with van der Waals surface area (Å²) in [4.78, 5) is 0. The monoisotopic (exact) mass is 376 g/mol. The second-order valence-corrected chi connectivity index (χ2v) is 0. The Morgan fingerprint density at radius 2 is 1.00 bits per heavy atom. The average Bonchev–Trinajstić information content (AvgIpc) is 1.00. The van der Waals surface area contributed by atoms with Gasteiger partial charge in [-0.25, -0.2) is 0 Å². The van der Waals surface area contributed by atoms with Crippen molar-refractivity contribution in [3.8, 4) is 0 Å². The van der Waals surface area contributed by atoms with E-state index < -0.39 is 0 Å². The van der Waals surface area contributed by atoms with Crippen LogP contribution in [0, 0.1) is 0 Å². The summed E-state index contributed by atoms with van der Waals surface area (Å²) >= 11 is 0.583. The van der Waals surface area contributed by atoms with Gasteiger partial charge in [-0.15, -0.1) is 0 Å². The van der Waals surface area contributed by atoms with Crippen molar-refractivity contribution in [2.75, 3.05) is 0 Å². The molecular formula is NWY2-. The van der Waals surface area contributed by atoms with Crippen molar-refractivity contribution in [1.29, 1.82) is 0 Å². The first-order valence-electron chi connectivity index (χ1n) is 0.183. The van der Waals surface area contributed by atoms with Crippen LogP contribution in [0.1, 0.15) is 0 Å². The van der Waals surface area contributed by atoms with Gasteiger partial charge in [0.15, 0.2) is 0 Å². The Morgan fingerprint density at radius 3 is 1.00 bits per heavy atom. The molecule has 2 radical (unpaired) electrons. The normalized spacial score (nSPS) is 1.00. The van der Waals surface area contributed by atoms with Crippen LogP contribution >= 0.6 is 0 Å². The molecule has 0 fully saturated rings. The fraction of sp³-hybridized carbons (Fsp3) is 0. The van der Waals surface area contributed by atoms with E-state index in [0.29, 0.717) is 19.6 Å². The summed E-state index contributed by atoms with van der Waals surface area (Å²) < 4.78 is 7.08. The molecule has 0 atom stereocenters. The van der Waals surface area contributed by atoms with Crippen LogP contribution in [-0.4, -0.2) is 0 Å². The largest absolute Gasteiger partial charge is 0 e. The van der Waals surface area contributed by atoms with Crippen molar-refractivity contribution >= 4 is 0 Å². The topological polar surface area (TPSA) is 22.3 Å². The van der Waals surface area contributed by atoms with Gasteiger partial charge in [0.2, 0.25) is 0 Å². The van der Waals surface area contributed by atoms with E-state index in [2.05, 4.69) is 0 Å². The maximum Gasteiger partial charge on any atom is 0 e. The molecule has 0 aromatic carbocycles. The number of hydrogen-bond donors (Lipinski definition) is 0. The predicted octanol–water partition coefficient (Wildman–Crippen LogP) is 0.281. The van der Waals surface area contributed by atoms with Gasteiger partial charge in [0.25, 0.3) is 0 Å². The molecule has 0 aliphatic rings. The van der Waals surface area contributed by atoms with Crippen molar-refractivity contribution in [3.63, 3.8) is 0 Å². The summed E-state index contributed by atoms with van der Waals surface area (Å²) in [7, 11) is 0. The summed E-state index contributed by atoms with van der Waals surface area (Å²) in [5.74, 6) is 0. The molecule has 0 spiro atoms. The number of hydrogen-bond acceptors (Lipinski definition) is 0. The molecule has 0 N–H and O–H groups in total. The van der Waals surface area contributed by atoms with Crippen LogP contribution in [0.15, 0.2) is 0 Å². The fourth-order valence-corrected chi connectivity index (χ4v) is 0. The van der Waals surface area contributed by atoms with E-state index in [1.807, 2.05) is 0 Å². The van der Waals surface area contributed by atoms with E-state index in [0.717, 1.165) is 0 Å². The second kappa shape index (κ2) is 17.3. The standard InChI is InChI=1S/N.W.2Y/q-1;;;. The quantitative estimate of drug-likeness (QED) is 0.580. The average molecular weight is 376 g/mol. The summed E-state index contributed by atoms with van der Waals surface area (Å²) in [6.45, 7) is 0. The van der Waals surface area contributed by atoms with E-state index in [9.17, 15) is 0 Å². The van der Waals surface area contributed by atoms with Gasteiger partial charge in [0.1, 0.15) is 0 Å². The fourth-order valence-electron chi connectivity index (χ4n) is 0. The molecule has 0 unspecified atom stereocenters. The zero-order chi connectivity index (χ0) is 2.00. The molecule has 0 saturated carbocycles. The molecule has 4 heavy (non-hydrogen) atoms. The molecule has 0 aromatic heterocycles. The van der Waals surface area contributed by atoms with Gasteiger partial charge < -0.3 is 0 Å². The summed E-state index contributed by atoms with van der Waals surface area (Å²) in [6, 6.07) is 0. The van der Waals surface area contributed by atoms with Crippen LogP contribution in [-0.2, 0) is 85.0 Å². The molecule has 1 nitrogen and oxygen atoms in total. The van der Waals surface area contributed by atoms with Crippen LogP contribution in [0.25, 0.3) is 3.91 Å². The zero-order valence-electron chi connectivity index (χ0n) is 2.01. The van der Waals surface area contributed by atoms with Crippen LogP contribution in [0.2, 0.25) is 0 Å². The first-order chi connectivity index (χ1) is 1.00. The molecule has 0 rings (SSSR count). The molecule has 18 valence electrons. The third-order valence-corrected chi connectivity index (χ3v) is 0. The van der Waals surface area contributed by atoms with E-state index in [4.69, 9.17) is 3.91 Å². The van der Waals surface area contributed by atoms with Gasteiger partial charge in [-0.1, -0.05) is 0 Å². The minimum atomic E-state index is 0. The first kappa shape index (κ1) is 15.9. The van der Waals surface area contributed by atoms with Crippen molar-refractivity contribution in [2.24, 2.45) is 0 Å². The second-order valence-electron chi connectivity index (χ2n) is 0. The minimum Gasteiger partial charge on any atom is 0 e. The van der Waals surface area contributed by atoms with Crippen molar-refractivity contribution in [3.05, 3.63) is 3.91 Å². The minimum absolute atomic E-state index is 0. The van der Waals surface area contributed by atoms with E-state index >= 15 is 0 Å². The molecule has 0 heterocycles. The SMILES string of the molecule is [N-]=[W].[Y].[Y]. The van der Waals surface area contributed by atoms with Gasteiger partial charge in [0.05, 0.1) is 0 Å². The molecule has 0 aromatic rings. The van der Waals surface area contributed by atoms with Crippen LogP contribution in [0.3, 0.4) is 0 Å². The molecule has 0 bridgehead atoms. The van der Waals surface area contributed by atoms with E-state index in [1.54, 1.807) is 0 Å². The first-order valence-corrected chi connectivity index (χ1v) is 1.49. The Labute approximate surface area is 87.0 Å². The zero-order valence-corrected chi connectivity index (χ0v) is 10.6. The van der Waals surface area contributed by atoms with Gasteiger partial charge in [0, 0.05) is 65.4 Å². The van der Waals surface area contributed by atoms with Gasteiger partial charge in [-0.05, 0) is 0 Å². The predicted molar refractivity (Wildman–Crippen MR) is 3.36 cm³/mol. The van der Waals surface area contributed by atoms with Gasteiger partial charge in [-0.3, -0.25) is 0 Å². The number of nitrogens with zero attached hydrogens (tertiary/aromatic N) is 1. The summed E-state index contributed by atoms with van der Waals surface area (Å²) in [6.07, 6.45) is 0. The Kier molecular flexibility index (Phi) is 68.7. The van der Waals surface area contributed by atoms with Crippen molar-refractivity contribution in [1.82, 2.24) is 0 Å². The molecule has 0 aliphatic heterocycles. The van der Waals surface area contributed by atoms with E-state index in [-0.39, 0.29) is 65.4 Å². The van der Waals surface area contributed by atoms with Crippen LogP contribution < -0.4 is 0 Å². The maximum absolute atomic E-state index is 7.08. The van der Waals surface area contributed by atoms with Crippen molar-refractivity contribution in [2.45, 2.75) is 0 Å². The molecule has 0 aliphatic carbocycles. The Balaban J connectivity index is -0.00000000500. The van der Waals surface area contributed by atoms with Crippen molar-refractivity contribution < 1.29 is 85.0 Å². The third-order valence-electron chi connectivity index (χ3n) is 0. The summed E-state index contributed by atoms with van der Waals surface area (Å²) in [5.41, 5.74) is 0. The maximum atomic E-state index is 7.08. The summed E-state index contributed by atoms with van der Waals surface area (Å²) in [5, 5.41) is 0. The Morgan fingerprint density at radius 1 is 1.00 bits per heavy atom. The number of rotatable bonds is 0. The van der Waals surface area contributed by atoms with Crippen LogP contribution in [0.5, 0.6) is 0 Å². The van der Waals surface area contributed by atoms with Gasteiger partial charge >= 0.3 is 23.5 Å². The Hall–Kier alpha value is 2.70. The molecular weight excluding hydrogens is 376 g/mol. The third kappa shape index (κ3) is 8.83.